The number of likely N-dealkylation sites (tertiary alicyclic amines) is 1. The quantitative estimate of drug-likeness (QED) is 0.332. The van der Waals surface area contributed by atoms with Gasteiger partial charge in [-0.3, -0.25) is 9.79 Å². The number of guanidine groups is 1. The number of rotatable bonds is 5. The lowest BCUT2D eigenvalue weighted by Crippen LogP contribution is -2.51. The molecule has 0 radical (unpaired) electrons. The van der Waals surface area contributed by atoms with Gasteiger partial charge in [0.05, 0.1) is 0 Å². The van der Waals surface area contributed by atoms with Crippen LogP contribution in [0.4, 0.5) is 0 Å². The Morgan fingerprint density at radius 1 is 1.19 bits per heavy atom. The molecule has 2 N–H and O–H groups in total. The van der Waals surface area contributed by atoms with E-state index >= 15 is 0 Å². The monoisotopic (exact) mass is 554 g/mol. The third kappa shape index (κ3) is 5.76. The number of aryl methyl sites for hydroxylation is 1. The van der Waals surface area contributed by atoms with Crippen molar-refractivity contribution in [3.63, 3.8) is 0 Å². The van der Waals surface area contributed by atoms with Gasteiger partial charge in [-0.15, -0.1) is 24.0 Å². The molecule has 1 aromatic carbocycles. The van der Waals surface area contributed by atoms with E-state index in [0.717, 1.165) is 70.9 Å². The van der Waals surface area contributed by atoms with E-state index in [1.165, 1.54) is 24.0 Å². The largest absolute Gasteiger partial charge is 0.381 e. The second kappa shape index (κ2) is 11.7. The van der Waals surface area contributed by atoms with Crippen LogP contribution in [0.15, 0.2) is 29.3 Å². The lowest BCUT2D eigenvalue weighted by atomic mass is 9.72. The van der Waals surface area contributed by atoms with Gasteiger partial charge in [-0.1, -0.05) is 37.1 Å². The van der Waals surface area contributed by atoms with Gasteiger partial charge in [-0.25, -0.2) is 0 Å². The van der Waals surface area contributed by atoms with Crippen molar-refractivity contribution in [1.29, 1.82) is 0 Å². The number of nitrogens with one attached hydrogen (secondary N) is 2. The van der Waals surface area contributed by atoms with E-state index < -0.39 is 0 Å². The van der Waals surface area contributed by atoms with Crippen molar-refractivity contribution >= 4 is 35.8 Å². The fourth-order valence-corrected chi connectivity index (χ4v) is 5.62. The fourth-order valence-electron chi connectivity index (χ4n) is 5.62. The summed E-state index contributed by atoms with van der Waals surface area (Å²) in [6.07, 6.45) is 7.55. The smallest absolute Gasteiger partial charge is 0.225 e. The van der Waals surface area contributed by atoms with Gasteiger partial charge in [-0.05, 0) is 50.2 Å². The van der Waals surface area contributed by atoms with Crippen molar-refractivity contribution in [2.75, 3.05) is 39.9 Å². The number of hydrogen-bond donors (Lipinski definition) is 2. The maximum atomic E-state index is 12.8. The minimum Gasteiger partial charge on any atom is -0.381 e. The summed E-state index contributed by atoms with van der Waals surface area (Å²) < 4.78 is 5.69. The standard InChI is InChI=1S/C25H38N4O2.HI/c1-19-7-3-6-10-22(19)25(12-15-31-16-13-25)18-27-24(26-2)28-21-11-14-29(17-21)23(30)20-8-4-5-9-20;/h3,6-7,10,20-21H,4-5,8-9,11-18H2,1-2H3,(H2,26,27,28);1H. The van der Waals surface area contributed by atoms with Gasteiger partial charge in [0.25, 0.3) is 0 Å². The minimum atomic E-state index is 0. The maximum absolute atomic E-state index is 12.8. The molecule has 3 fully saturated rings. The van der Waals surface area contributed by atoms with Crippen LogP contribution in [0, 0.1) is 12.8 Å². The maximum Gasteiger partial charge on any atom is 0.225 e. The second-order valence-electron chi connectivity index (χ2n) is 9.53. The lowest BCUT2D eigenvalue weighted by Gasteiger charge is -2.39. The number of aliphatic imine (C=N–C) groups is 1. The van der Waals surface area contributed by atoms with Crippen LogP contribution in [0.5, 0.6) is 0 Å². The molecule has 1 unspecified atom stereocenters. The Morgan fingerprint density at radius 2 is 1.91 bits per heavy atom. The Balaban J connectivity index is 0.00000289. The molecule has 178 valence electrons. The first-order valence-electron chi connectivity index (χ1n) is 12.0. The van der Waals surface area contributed by atoms with Gasteiger partial charge in [0, 0.05) is 57.3 Å². The van der Waals surface area contributed by atoms with Crippen molar-refractivity contribution in [1.82, 2.24) is 15.5 Å². The number of carbonyl (C=O) groups is 1. The summed E-state index contributed by atoms with van der Waals surface area (Å²) in [5.74, 6) is 1.46. The molecule has 2 aliphatic heterocycles. The zero-order valence-electron chi connectivity index (χ0n) is 19.6. The Bertz CT molecular complexity index is 788. The number of carbonyl (C=O) groups excluding carboxylic acids is 1. The van der Waals surface area contributed by atoms with Gasteiger partial charge in [0.15, 0.2) is 5.96 Å². The predicted molar refractivity (Wildman–Crippen MR) is 140 cm³/mol. The minimum absolute atomic E-state index is 0. The molecule has 1 saturated carbocycles. The highest BCUT2D eigenvalue weighted by molar-refractivity contribution is 14.0. The highest BCUT2D eigenvalue weighted by atomic mass is 127. The molecule has 1 aromatic rings. The van der Waals surface area contributed by atoms with Crippen LogP contribution in [0.3, 0.4) is 0 Å². The highest BCUT2D eigenvalue weighted by Crippen LogP contribution is 2.36. The summed E-state index contributed by atoms with van der Waals surface area (Å²) in [5, 5.41) is 7.19. The summed E-state index contributed by atoms with van der Waals surface area (Å²) in [6.45, 7) is 6.26. The summed E-state index contributed by atoms with van der Waals surface area (Å²) in [6, 6.07) is 8.98. The van der Waals surface area contributed by atoms with Crippen molar-refractivity contribution < 1.29 is 9.53 Å². The molecule has 2 heterocycles. The molecule has 0 aromatic heterocycles. The zero-order chi connectivity index (χ0) is 21.7. The van der Waals surface area contributed by atoms with E-state index in [9.17, 15) is 4.79 Å². The second-order valence-corrected chi connectivity index (χ2v) is 9.53. The van der Waals surface area contributed by atoms with E-state index in [1.807, 2.05) is 7.05 Å². The number of nitrogens with zero attached hydrogens (tertiary/aromatic N) is 2. The Morgan fingerprint density at radius 3 is 2.59 bits per heavy atom. The number of halogens is 1. The summed E-state index contributed by atoms with van der Waals surface area (Å²) in [5.41, 5.74) is 2.81. The van der Waals surface area contributed by atoms with Gasteiger partial charge in [0.1, 0.15) is 0 Å². The van der Waals surface area contributed by atoms with Crippen LogP contribution in [0.1, 0.15) is 56.1 Å². The summed E-state index contributed by atoms with van der Waals surface area (Å²) in [4.78, 5) is 19.3. The average Bonchev–Trinajstić information content (AvgIpc) is 3.49. The molecular weight excluding hydrogens is 515 g/mol. The summed E-state index contributed by atoms with van der Waals surface area (Å²) >= 11 is 0. The van der Waals surface area contributed by atoms with E-state index in [4.69, 9.17) is 4.74 Å². The highest BCUT2D eigenvalue weighted by Gasteiger charge is 2.36. The number of hydrogen-bond acceptors (Lipinski definition) is 3. The van der Waals surface area contributed by atoms with Crippen LogP contribution in [0.2, 0.25) is 0 Å². The molecule has 6 nitrogen and oxygen atoms in total. The fraction of sp³-hybridized carbons (Fsp3) is 0.680. The van der Waals surface area contributed by atoms with Crippen LogP contribution < -0.4 is 10.6 Å². The first-order valence-corrected chi connectivity index (χ1v) is 12.0. The molecule has 2 saturated heterocycles. The lowest BCUT2D eigenvalue weighted by molar-refractivity contribution is -0.134. The molecule has 7 heteroatoms. The van der Waals surface area contributed by atoms with Gasteiger partial charge >= 0.3 is 0 Å². The molecule has 32 heavy (non-hydrogen) atoms. The van der Waals surface area contributed by atoms with E-state index in [1.54, 1.807) is 0 Å². The molecule has 0 bridgehead atoms. The normalized spacial score (nSPS) is 23.6. The predicted octanol–water partition coefficient (Wildman–Crippen LogP) is 3.62. The van der Waals surface area contributed by atoms with Crippen molar-refractivity contribution in [2.45, 2.75) is 63.3 Å². The molecular formula is C25H39IN4O2. The van der Waals surface area contributed by atoms with E-state index in [0.29, 0.717) is 5.91 Å². The first-order chi connectivity index (χ1) is 15.1. The van der Waals surface area contributed by atoms with Gasteiger partial charge in [-0.2, -0.15) is 0 Å². The Hall–Kier alpha value is -1.35. The van der Waals surface area contributed by atoms with Crippen molar-refractivity contribution in [3.8, 4) is 0 Å². The van der Waals surface area contributed by atoms with Gasteiger partial charge < -0.3 is 20.3 Å². The van der Waals surface area contributed by atoms with E-state index in [2.05, 4.69) is 51.7 Å². The van der Waals surface area contributed by atoms with Crippen LogP contribution in [-0.4, -0.2) is 62.7 Å². The van der Waals surface area contributed by atoms with Crippen LogP contribution >= 0.6 is 24.0 Å². The molecule has 4 rings (SSSR count). The van der Waals surface area contributed by atoms with Gasteiger partial charge in [0.2, 0.25) is 5.91 Å². The average molecular weight is 555 g/mol. The zero-order valence-corrected chi connectivity index (χ0v) is 21.9. The first kappa shape index (κ1) is 25.3. The summed E-state index contributed by atoms with van der Waals surface area (Å²) in [7, 11) is 1.83. The van der Waals surface area contributed by atoms with Crippen LogP contribution in [-0.2, 0) is 14.9 Å². The molecule has 3 aliphatic rings. The third-order valence-electron chi connectivity index (χ3n) is 7.53. The Kier molecular flexibility index (Phi) is 9.22. The third-order valence-corrected chi connectivity index (χ3v) is 7.53. The Labute approximate surface area is 210 Å². The number of amides is 1. The van der Waals surface area contributed by atoms with E-state index in [-0.39, 0.29) is 41.4 Å². The molecule has 1 aliphatic carbocycles. The van der Waals surface area contributed by atoms with Crippen molar-refractivity contribution in [3.05, 3.63) is 35.4 Å². The molecule has 1 amide bonds. The molecule has 1 atom stereocenters. The molecule has 0 spiro atoms. The van der Waals surface area contributed by atoms with Crippen molar-refractivity contribution in [2.24, 2.45) is 10.9 Å². The SMILES string of the molecule is CN=C(NCC1(c2ccccc2C)CCOCC1)NC1CCN(C(=O)C2CCCC2)C1.I. The van der Waals surface area contributed by atoms with Crippen LogP contribution in [0.25, 0.3) is 0 Å². The number of ether oxygens (including phenoxy) is 1. The topological polar surface area (TPSA) is 66.0 Å². The number of benzene rings is 1.